The van der Waals surface area contributed by atoms with E-state index in [-0.39, 0.29) is 0 Å². The summed E-state index contributed by atoms with van der Waals surface area (Å²) in [6.45, 7) is 2.12. The van der Waals surface area contributed by atoms with Gasteiger partial charge in [0.1, 0.15) is 0 Å². The van der Waals surface area contributed by atoms with Crippen molar-refractivity contribution in [2.24, 2.45) is 11.3 Å². The second-order valence-electron chi connectivity index (χ2n) is 3.74. The second kappa shape index (κ2) is 2.63. The molecule has 0 aromatic heterocycles. The lowest BCUT2D eigenvalue weighted by Crippen LogP contribution is -2.52. The Morgan fingerprint density at radius 1 is 1.40 bits per heavy atom. The van der Waals surface area contributed by atoms with Crippen LogP contribution in [0.2, 0.25) is 0 Å². The minimum Gasteiger partial charge on any atom is -0.380 e. The van der Waals surface area contributed by atoms with Gasteiger partial charge in [0.15, 0.2) is 0 Å². The number of ether oxygens (including phenoxy) is 1. The van der Waals surface area contributed by atoms with Crippen molar-refractivity contribution in [2.45, 2.75) is 19.3 Å². The fourth-order valence-electron chi connectivity index (χ4n) is 2.15. The van der Waals surface area contributed by atoms with Crippen LogP contribution in [0.15, 0.2) is 0 Å². The zero-order chi connectivity index (χ0) is 7.03. The van der Waals surface area contributed by atoms with E-state index < -0.39 is 0 Å². The summed E-state index contributed by atoms with van der Waals surface area (Å²) in [7, 11) is 0. The quantitative estimate of drug-likeness (QED) is 0.541. The SMILES string of the molecule is ICCC1CC2(COC2)C1. The molecule has 2 aliphatic rings. The summed E-state index contributed by atoms with van der Waals surface area (Å²) in [6.07, 6.45) is 4.34. The molecule has 1 saturated carbocycles. The molecule has 0 atom stereocenters. The Morgan fingerprint density at radius 3 is 2.50 bits per heavy atom. The first-order chi connectivity index (χ1) is 4.85. The third kappa shape index (κ3) is 1.09. The molecule has 0 aromatic rings. The van der Waals surface area contributed by atoms with Crippen LogP contribution in [-0.2, 0) is 4.74 Å². The molecule has 1 aliphatic carbocycles. The number of alkyl halides is 1. The Morgan fingerprint density at radius 2 is 2.10 bits per heavy atom. The Balaban J connectivity index is 1.72. The molecule has 0 amide bonds. The third-order valence-electron chi connectivity index (χ3n) is 2.78. The van der Waals surface area contributed by atoms with E-state index in [2.05, 4.69) is 22.6 Å². The first kappa shape index (κ1) is 7.35. The van der Waals surface area contributed by atoms with E-state index in [1.165, 1.54) is 23.7 Å². The fraction of sp³-hybridized carbons (Fsp3) is 1.00. The average Bonchev–Trinajstić information content (AvgIpc) is 1.72. The van der Waals surface area contributed by atoms with E-state index in [0.717, 1.165) is 19.1 Å². The number of hydrogen-bond donors (Lipinski definition) is 0. The van der Waals surface area contributed by atoms with Crippen molar-refractivity contribution >= 4 is 22.6 Å². The van der Waals surface area contributed by atoms with Gasteiger partial charge in [-0.2, -0.15) is 0 Å². The number of hydrogen-bond acceptors (Lipinski definition) is 1. The highest BCUT2D eigenvalue weighted by atomic mass is 127. The van der Waals surface area contributed by atoms with Crippen molar-refractivity contribution in [3.8, 4) is 0 Å². The van der Waals surface area contributed by atoms with Gasteiger partial charge >= 0.3 is 0 Å². The zero-order valence-corrected chi connectivity index (χ0v) is 8.26. The lowest BCUT2D eigenvalue weighted by molar-refractivity contribution is -0.178. The smallest absolute Gasteiger partial charge is 0.0545 e. The number of rotatable bonds is 2. The van der Waals surface area contributed by atoms with Crippen LogP contribution in [0.5, 0.6) is 0 Å². The highest BCUT2D eigenvalue weighted by Crippen LogP contribution is 2.51. The van der Waals surface area contributed by atoms with E-state index in [9.17, 15) is 0 Å². The van der Waals surface area contributed by atoms with Crippen LogP contribution < -0.4 is 0 Å². The molecule has 1 saturated heterocycles. The predicted molar refractivity (Wildman–Crippen MR) is 49.5 cm³/mol. The van der Waals surface area contributed by atoms with Gasteiger partial charge in [0.05, 0.1) is 13.2 Å². The minimum atomic E-state index is 0.691. The Kier molecular flexibility index (Phi) is 1.93. The summed E-state index contributed by atoms with van der Waals surface area (Å²) in [5, 5.41) is 0. The van der Waals surface area contributed by atoms with Crippen molar-refractivity contribution in [1.29, 1.82) is 0 Å². The van der Waals surface area contributed by atoms with Crippen LogP contribution in [0.3, 0.4) is 0 Å². The lowest BCUT2D eigenvalue weighted by Gasteiger charge is -2.53. The molecule has 2 fully saturated rings. The molecule has 58 valence electrons. The third-order valence-corrected chi connectivity index (χ3v) is 3.40. The first-order valence-corrected chi connectivity index (χ1v) is 5.51. The van der Waals surface area contributed by atoms with Crippen molar-refractivity contribution in [3.05, 3.63) is 0 Å². The largest absolute Gasteiger partial charge is 0.380 e. The number of halogens is 1. The van der Waals surface area contributed by atoms with E-state index >= 15 is 0 Å². The molecule has 1 aliphatic heterocycles. The van der Waals surface area contributed by atoms with Gasteiger partial charge in [0, 0.05) is 5.41 Å². The van der Waals surface area contributed by atoms with Crippen LogP contribution in [-0.4, -0.2) is 17.6 Å². The standard InChI is InChI=1S/C8H13IO/c9-2-1-7-3-8(4-7)5-10-6-8/h7H,1-6H2. The maximum absolute atomic E-state index is 5.20. The zero-order valence-electron chi connectivity index (χ0n) is 6.11. The lowest BCUT2D eigenvalue weighted by atomic mass is 9.60. The summed E-state index contributed by atoms with van der Waals surface area (Å²) in [5.74, 6) is 1.04. The van der Waals surface area contributed by atoms with Crippen LogP contribution in [0.1, 0.15) is 19.3 Å². The molecule has 0 bridgehead atoms. The van der Waals surface area contributed by atoms with Gasteiger partial charge in [-0.25, -0.2) is 0 Å². The molecule has 1 spiro atoms. The van der Waals surface area contributed by atoms with Crippen molar-refractivity contribution in [1.82, 2.24) is 0 Å². The highest BCUT2D eigenvalue weighted by molar-refractivity contribution is 14.1. The van der Waals surface area contributed by atoms with E-state index in [1.807, 2.05) is 0 Å². The van der Waals surface area contributed by atoms with E-state index in [0.29, 0.717) is 5.41 Å². The first-order valence-electron chi connectivity index (χ1n) is 3.98. The van der Waals surface area contributed by atoms with Crippen LogP contribution in [0.25, 0.3) is 0 Å². The van der Waals surface area contributed by atoms with Crippen LogP contribution in [0.4, 0.5) is 0 Å². The summed E-state index contributed by atoms with van der Waals surface area (Å²) < 4.78 is 6.54. The van der Waals surface area contributed by atoms with Crippen LogP contribution >= 0.6 is 22.6 Å². The average molecular weight is 252 g/mol. The highest BCUT2D eigenvalue weighted by Gasteiger charge is 2.48. The van der Waals surface area contributed by atoms with Crippen molar-refractivity contribution in [2.75, 3.05) is 17.6 Å². The maximum atomic E-state index is 5.20. The molecule has 0 unspecified atom stereocenters. The normalized spacial score (nSPS) is 29.7. The summed E-state index contributed by atoms with van der Waals surface area (Å²) in [4.78, 5) is 0. The molecule has 1 heterocycles. The summed E-state index contributed by atoms with van der Waals surface area (Å²) >= 11 is 2.47. The summed E-state index contributed by atoms with van der Waals surface area (Å²) in [6, 6.07) is 0. The summed E-state index contributed by atoms with van der Waals surface area (Å²) in [5.41, 5.74) is 0.691. The van der Waals surface area contributed by atoms with Gasteiger partial charge < -0.3 is 4.74 Å². The molecule has 0 N–H and O–H groups in total. The molecule has 2 heteroatoms. The van der Waals surface area contributed by atoms with E-state index in [4.69, 9.17) is 4.74 Å². The van der Waals surface area contributed by atoms with Gasteiger partial charge in [-0.3, -0.25) is 0 Å². The molecule has 10 heavy (non-hydrogen) atoms. The fourth-order valence-corrected chi connectivity index (χ4v) is 3.03. The minimum absolute atomic E-state index is 0.691. The van der Waals surface area contributed by atoms with Gasteiger partial charge in [-0.05, 0) is 29.6 Å². The molecule has 0 radical (unpaired) electrons. The topological polar surface area (TPSA) is 9.23 Å². The van der Waals surface area contributed by atoms with Gasteiger partial charge in [-0.1, -0.05) is 22.6 Å². The van der Waals surface area contributed by atoms with Gasteiger partial charge in [0.2, 0.25) is 0 Å². The Bertz CT molecular complexity index is 123. The molecule has 1 nitrogen and oxygen atoms in total. The van der Waals surface area contributed by atoms with E-state index in [1.54, 1.807) is 0 Å². The Labute approximate surface area is 75.7 Å². The van der Waals surface area contributed by atoms with Gasteiger partial charge in [0.25, 0.3) is 0 Å². The van der Waals surface area contributed by atoms with Crippen LogP contribution in [0, 0.1) is 11.3 Å². The van der Waals surface area contributed by atoms with Crippen molar-refractivity contribution in [3.63, 3.8) is 0 Å². The second-order valence-corrected chi connectivity index (χ2v) is 4.82. The molecular formula is C8H13IO. The maximum Gasteiger partial charge on any atom is 0.0545 e. The molecule has 2 rings (SSSR count). The predicted octanol–water partition coefficient (Wildman–Crippen LogP) is 2.24. The Hall–Kier alpha value is 0.690. The molecule has 0 aromatic carbocycles. The monoisotopic (exact) mass is 252 g/mol. The van der Waals surface area contributed by atoms with Crippen molar-refractivity contribution < 1.29 is 4.74 Å². The van der Waals surface area contributed by atoms with Gasteiger partial charge in [-0.15, -0.1) is 0 Å². The molecular weight excluding hydrogens is 239 g/mol.